The van der Waals surface area contributed by atoms with Crippen LogP contribution in [0.3, 0.4) is 0 Å². The molecule has 0 aliphatic carbocycles. The van der Waals surface area contributed by atoms with Gasteiger partial charge in [0, 0.05) is 0 Å². The standard InChI is InChI=1S/C11H14O2/c1-8-5-6-9-4-3-7-13-11(9)10(8)12-2/h5-6H,3-4,7H2,1-2H3. The van der Waals surface area contributed by atoms with Crippen molar-refractivity contribution >= 4 is 0 Å². The molecular weight excluding hydrogens is 164 g/mol. The third-order valence-electron chi connectivity index (χ3n) is 2.43. The van der Waals surface area contributed by atoms with Crippen molar-refractivity contribution in [1.82, 2.24) is 0 Å². The van der Waals surface area contributed by atoms with Crippen LogP contribution < -0.4 is 9.47 Å². The van der Waals surface area contributed by atoms with Gasteiger partial charge in [0.05, 0.1) is 13.7 Å². The van der Waals surface area contributed by atoms with E-state index >= 15 is 0 Å². The molecule has 0 fully saturated rings. The van der Waals surface area contributed by atoms with Gasteiger partial charge in [-0.1, -0.05) is 12.1 Å². The first-order valence-corrected chi connectivity index (χ1v) is 4.62. The minimum Gasteiger partial charge on any atom is -0.493 e. The first-order valence-electron chi connectivity index (χ1n) is 4.62. The van der Waals surface area contributed by atoms with E-state index in [4.69, 9.17) is 9.47 Å². The molecule has 0 N–H and O–H groups in total. The highest BCUT2D eigenvalue weighted by Crippen LogP contribution is 2.37. The molecule has 0 amide bonds. The van der Waals surface area contributed by atoms with Crippen LogP contribution in [-0.2, 0) is 6.42 Å². The van der Waals surface area contributed by atoms with Gasteiger partial charge < -0.3 is 9.47 Å². The van der Waals surface area contributed by atoms with E-state index in [0.717, 1.165) is 36.5 Å². The van der Waals surface area contributed by atoms with E-state index in [0.29, 0.717) is 0 Å². The Morgan fingerprint density at radius 1 is 1.38 bits per heavy atom. The van der Waals surface area contributed by atoms with Crippen molar-refractivity contribution in [3.8, 4) is 11.5 Å². The largest absolute Gasteiger partial charge is 0.493 e. The van der Waals surface area contributed by atoms with Gasteiger partial charge in [0.25, 0.3) is 0 Å². The Hall–Kier alpha value is -1.18. The van der Waals surface area contributed by atoms with E-state index in [1.54, 1.807) is 7.11 Å². The molecule has 70 valence electrons. The lowest BCUT2D eigenvalue weighted by atomic mass is 10.0. The Kier molecular flexibility index (Phi) is 2.13. The smallest absolute Gasteiger partial charge is 0.164 e. The van der Waals surface area contributed by atoms with Crippen molar-refractivity contribution in [2.45, 2.75) is 19.8 Å². The maximum absolute atomic E-state index is 5.60. The lowest BCUT2D eigenvalue weighted by Gasteiger charge is -2.20. The zero-order valence-corrected chi connectivity index (χ0v) is 8.09. The van der Waals surface area contributed by atoms with Gasteiger partial charge in [-0.3, -0.25) is 0 Å². The summed E-state index contributed by atoms with van der Waals surface area (Å²) in [6.45, 7) is 2.85. The average Bonchev–Trinajstić information content (AvgIpc) is 2.18. The lowest BCUT2D eigenvalue weighted by molar-refractivity contribution is 0.268. The number of methoxy groups -OCH3 is 1. The van der Waals surface area contributed by atoms with Crippen LogP contribution in [0.15, 0.2) is 12.1 Å². The highest BCUT2D eigenvalue weighted by Gasteiger charge is 2.16. The molecule has 0 atom stereocenters. The number of aryl methyl sites for hydroxylation is 2. The van der Waals surface area contributed by atoms with Crippen LogP contribution in [0.4, 0.5) is 0 Å². The summed E-state index contributed by atoms with van der Waals surface area (Å²) >= 11 is 0. The molecule has 0 saturated heterocycles. The monoisotopic (exact) mass is 178 g/mol. The number of fused-ring (bicyclic) bond motifs is 1. The van der Waals surface area contributed by atoms with Crippen LogP contribution in [0.25, 0.3) is 0 Å². The molecule has 13 heavy (non-hydrogen) atoms. The maximum Gasteiger partial charge on any atom is 0.164 e. The highest BCUT2D eigenvalue weighted by atomic mass is 16.5. The summed E-state index contributed by atoms with van der Waals surface area (Å²) in [5.74, 6) is 1.85. The summed E-state index contributed by atoms with van der Waals surface area (Å²) in [6, 6.07) is 4.22. The van der Waals surface area contributed by atoms with Crippen molar-refractivity contribution < 1.29 is 9.47 Å². The SMILES string of the molecule is COc1c(C)ccc2c1OCCC2. The normalized spacial score (nSPS) is 14.6. The zero-order chi connectivity index (χ0) is 9.26. The fraction of sp³-hybridized carbons (Fsp3) is 0.455. The van der Waals surface area contributed by atoms with Gasteiger partial charge in [-0.05, 0) is 30.9 Å². The van der Waals surface area contributed by atoms with Crippen LogP contribution in [0.1, 0.15) is 17.5 Å². The van der Waals surface area contributed by atoms with E-state index in [1.807, 2.05) is 6.92 Å². The van der Waals surface area contributed by atoms with Crippen LogP contribution in [0.2, 0.25) is 0 Å². The van der Waals surface area contributed by atoms with Crippen molar-refractivity contribution in [1.29, 1.82) is 0 Å². The first-order chi connectivity index (χ1) is 6.33. The average molecular weight is 178 g/mol. The summed E-state index contributed by atoms with van der Waals surface area (Å²) in [5.41, 5.74) is 2.41. The topological polar surface area (TPSA) is 18.5 Å². The summed E-state index contributed by atoms with van der Waals surface area (Å²) in [4.78, 5) is 0. The molecule has 2 rings (SSSR count). The zero-order valence-electron chi connectivity index (χ0n) is 8.09. The second-order valence-electron chi connectivity index (χ2n) is 3.36. The van der Waals surface area contributed by atoms with Gasteiger partial charge >= 0.3 is 0 Å². The molecule has 1 aromatic rings. The number of rotatable bonds is 1. The van der Waals surface area contributed by atoms with Gasteiger partial charge in [-0.25, -0.2) is 0 Å². The molecule has 1 aliphatic rings. The Morgan fingerprint density at radius 3 is 3.00 bits per heavy atom. The molecule has 0 unspecified atom stereocenters. The number of ether oxygens (including phenoxy) is 2. The number of hydrogen-bond donors (Lipinski definition) is 0. The fourth-order valence-corrected chi connectivity index (χ4v) is 1.75. The molecule has 0 spiro atoms. The van der Waals surface area contributed by atoms with E-state index in [2.05, 4.69) is 12.1 Å². The van der Waals surface area contributed by atoms with Crippen molar-refractivity contribution in [3.63, 3.8) is 0 Å². The molecule has 0 aromatic heterocycles. The van der Waals surface area contributed by atoms with E-state index in [1.165, 1.54) is 5.56 Å². The van der Waals surface area contributed by atoms with Gasteiger partial charge in [-0.2, -0.15) is 0 Å². The third kappa shape index (κ3) is 1.37. The Bertz CT molecular complexity index is 318. The van der Waals surface area contributed by atoms with E-state index in [9.17, 15) is 0 Å². The van der Waals surface area contributed by atoms with Crippen LogP contribution >= 0.6 is 0 Å². The first kappa shape index (κ1) is 8.42. The van der Waals surface area contributed by atoms with Crippen molar-refractivity contribution in [3.05, 3.63) is 23.3 Å². The highest BCUT2D eigenvalue weighted by molar-refractivity contribution is 5.52. The van der Waals surface area contributed by atoms with Crippen LogP contribution in [0, 0.1) is 6.92 Å². The van der Waals surface area contributed by atoms with E-state index < -0.39 is 0 Å². The third-order valence-corrected chi connectivity index (χ3v) is 2.43. The Labute approximate surface area is 78.5 Å². The molecule has 2 heteroatoms. The van der Waals surface area contributed by atoms with Crippen LogP contribution in [-0.4, -0.2) is 13.7 Å². The van der Waals surface area contributed by atoms with E-state index in [-0.39, 0.29) is 0 Å². The maximum atomic E-state index is 5.60. The molecule has 1 heterocycles. The molecular formula is C11H14O2. The summed E-state index contributed by atoms with van der Waals surface area (Å²) < 4.78 is 10.9. The minimum atomic E-state index is 0.812. The van der Waals surface area contributed by atoms with Gasteiger partial charge in [0.1, 0.15) is 0 Å². The van der Waals surface area contributed by atoms with Gasteiger partial charge in [0.2, 0.25) is 0 Å². The number of benzene rings is 1. The lowest BCUT2D eigenvalue weighted by Crippen LogP contribution is -2.09. The Morgan fingerprint density at radius 2 is 2.23 bits per heavy atom. The molecule has 1 aliphatic heterocycles. The predicted octanol–water partition coefficient (Wildman–Crippen LogP) is 2.33. The quantitative estimate of drug-likeness (QED) is 0.657. The second kappa shape index (κ2) is 3.29. The van der Waals surface area contributed by atoms with Crippen molar-refractivity contribution in [2.24, 2.45) is 0 Å². The summed E-state index contributed by atoms with van der Waals surface area (Å²) in [6.07, 6.45) is 2.21. The minimum absolute atomic E-state index is 0.812. The molecule has 0 saturated carbocycles. The number of hydrogen-bond acceptors (Lipinski definition) is 2. The summed E-state index contributed by atoms with van der Waals surface area (Å²) in [7, 11) is 1.70. The fourth-order valence-electron chi connectivity index (χ4n) is 1.75. The van der Waals surface area contributed by atoms with Gasteiger partial charge in [-0.15, -0.1) is 0 Å². The molecule has 0 radical (unpaired) electrons. The predicted molar refractivity (Wildman–Crippen MR) is 51.5 cm³/mol. The van der Waals surface area contributed by atoms with Crippen LogP contribution in [0.5, 0.6) is 11.5 Å². The molecule has 0 bridgehead atoms. The van der Waals surface area contributed by atoms with Crippen molar-refractivity contribution in [2.75, 3.05) is 13.7 Å². The Balaban J connectivity index is 2.52. The summed E-state index contributed by atoms with van der Waals surface area (Å²) in [5, 5.41) is 0. The molecule has 1 aromatic carbocycles. The second-order valence-corrected chi connectivity index (χ2v) is 3.36. The van der Waals surface area contributed by atoms with Gasteiger partial charge in [0.15, 0.2) is 11.5 Å². The molecule has 2 nitrogen and oxygen atoms in total.